The first-order valence-electron chi connectivity index (χ1n) is 4.00. The number of alkyl halides is 3. The molecule has 1 heterocycles. The summed E-state index contributed by atoms with van der Waals surface area (Å²) in [6.45, 7) is 4.52. The Morgan fingerprint density at radius 3 is 2.31 bits per heavy atom. The molecule has 0 N–H and O–H groups in total. The molecule has 0 amide bonds. The zero-order chi connectivity index (χ0) is 10.1. The minimum atomic E-state index is -1.44. The first-order valence-corrected chi connectivity index (χ1v) is 5.13. The molecule has 13 heavy (non-hydrogen) atoms. The number of nitrogens with zero attached hydrogens (tertiary/aromatic N) is 3. The van der Waals surface area contributed by atoms with Gasteiger partial charge in [-0.3, -0.25) is 0 Å². The maximum Gasteiger partial charge on any atom is 0.234 e. The molecule has 0 unspecified atom stereocenters. The van der Waals surface area contributed by atoms with Gasteiger partial charge in [-0.05, 0) is 13.3 Å². The summed E-state index contributed by atoms with van der Waals surface area (Å²) in [5.41, 5.74) is 1.31. The topological polar surface area (TPSA) is 30.7 Å². The van der Waals surface area contributed by atoms with Crippen molar-refractivity contribution in [3.63, 3.8) is 0 Å². The van der Waals surface area contributed by atoms with Crippen LogP contribution in [0.3, 0.4) is 0 Å². The zero-order valence-electron chi connectivity index (χ0n) is 7.39. The van der Waals surface area contributed by atoms with Crippen LogP contribution in [-0.2, 0) is 16.8 Å². The monoisotopic (exact) mass is 241 g/mol. The largest absolute Gasteiger partial charge is 0.245 e. The van der Waals surface area contributed by atoms with Gasteiger partial charge in [0.15, 0.2) is 0 Å². The lowest BCUT2D eigenvalue weighted by molar-refractivity contribution is 0.602. The SMILES string of the molecule is CCc1nnn(CC)c1C(Cl)(Cl)Cl. The number of hydrogen-bond donors (Lipinski definition) is 0. The number of aromatic nitrogens is 3. The van der Waals surface area contributed by atoms with E-state index in [0.29, 0.717) is 18.7 Å². The van der Waals surface area contributed by atoms with Gasteiger partial charge in [0.1, 0.15) is 5.69 Å². The van der Waals surface area contributed by atoms with Crippen molar-refractivity contribution in [1.29, 1.82) is 0 Å². The average Bonchev–Trinajstić information content (AvgIpc) is 2.45. The first-order chi connectivity index (χ1) is 6.00. The molecule has 0 aliphatic carbocycles. The van der Waals surface area contributed by atoms with Gasteiger partial charge >= 0.3 is 0 Å². The lowest BCUT2D eigenvalue weighted by Crippen LogP contribution is -2.12. The Labute approximate surface area is 92.0 Å². The molecule has 0 aliphatic heterocycles. The molecule has 1 rings (SSSR count). The zero-order valence-corrected chi connectivity index (χ0v) is 9.66. The molecule has 0 atom stereocenters. The number of hydrogen-bond acceptors (Lipinski definition) is 2. The Morgan fingerprint density at radius 2 is 1.92 bits per heavy atom. The van der Waals surface area contributed by atoms with Gasteiger partial charge in [0, 0.05) is 6.54 Å². The van der Waals surface area contributed by atoms with Crippen molar-refractivity contribution >= 4 is 34.8 Å². The predicted octanol–water partition coefficient (Wildman–Crippen LogP) is 2.69. The van der Waals surface area contributed by atoms with E-state index in [2.05, 4.69) is 10.3 Å². The molecule has 0 fully saturated rings. The quantitative estimate of drug-likeness (QED) is 0.747. The lowest BCUT2D eigenvalue weighted by Gasteiger charge is -2.12. The van der Waals surface area contributed by atoms with Gasteiger partial charge in [-0.2, -0.15) is 0 Å². The average molecular weight is 243 g/mol. The van der Waals surface area contributed by atoms with Crippen LogP contribution in [0.4, 0.5) is 0 Å². The highest BCUT2D eigenvalue weighted by Gasteiger charge is 2.31. The Kier molecular flexibility index (Phi) is 3.44. The minimum Gasteiger partial charge on any atom is -0.245 e. The molecule has 0 aromatic carbocycles. The first kappa shape index (κ1) is 11.1. The van der Waals surface area contributed by atoms with Crippen LogP contribution in [0.1, 0.15) is 25.2 Å². The molecule has 1 aromatic heterocycles. The van der Waals surface area contributed by atoms with Gasteiger partial charge in [-0.25, -0.2) is 4.68 Å². The third-order valence-electron chi connectivity index (χ3n) is 1.71. The summed E-state index contributed by atoms with van der Waals surface area (Å²) in [6, 6.07) is 0. The van der Waals surface area contributed by atoms with Crippen LogP contribution in [0.15, 0.2) is 0 Å². The van der Waals surface area contributed by atoms with Crippen molar-refractivity contribution < 1.29 is 0 Å². The van der Waals surface area contributed by atoms with E-state index < -0.39 is 3.79 Å². The summed E-state index contributed by atoms with van der Waals surface area (Å²) in [5.74, 6) is 0. The molecule has 0 radical (unpaired) electrons. The van der Waals surface area contributed by atoms with Crippen LogP contribution in [-0.4, -0.2) is 15.0 Å². The molecular weight excluding hydrogens is 232 g/mol. The van der Waals surface area contributed by atoms with Crippen LogP contribution < -0.4 is 0 Å². The normalized spacial score (nSPS) is 12.1. The molecular formula is C7H10Cl3N3. The number of aryl methyl sites for hydroxylation is 2. The molecule has 0 spiro atoms. The number of halogens is 3. The molecule has 3 nitrogen and oxygen atoms in total. The van der Waals surface area contributed by atoms with Crippen molar-refractivity contribution in [1.82, 2.24) is 15.0 Å². The fourth-order valence-electron chi connectivity index (χ4n) is 1.12. The maximum atomic E-state index is 5.80. The van der Waals surface area contributed by atoms with Crippen molar-refractivity contribution in [2.45, 2.75) is 30.6 Å². The van der Waals surface area contributed by atoms with Crippen molar-refractivity contribution in [2.24, 2.45) is 0 Å². The Balaban J connectivity index is 3.20. The van der Waals surface area contributed by atoms with Crippen LogP contribution in [0.5, 0.6) is 0 Å². The second-order valence-electron chi connectivity index (χ2n) is 2.55. The summed E-state index contributed by atoms with van der Waals surface area (Å²) >= 11 is 17.4. The summed E-state index contributed by atoms with van der Waals surface area (Å²) < 4.78 is 0.163. The van der Waals surface area contributed by atoms with Crippen LogP contribution in [0.25, 0.3) is 0 Å². The van der Waals surface area contributed by atoms with Gasteiger partial charge in [0.25, 0.3) is 0 Å². The van der Waals surface area contributed by atoms with Crippen LogP contribution in [0, 0.1) is 0 Å². The molecule has 6 heteroatoms. The lowest BCUT2D eigenvalue weighted by atomic mass is 10.3. The van der Waals surface area contributed by atoms with E-state index in [-0.39, 0.29) is 0 Å². The summed E-state index contributed by atoms with van der Waals surface area (Å²) in [6.07, 6.45) is 0.712. The second kappa shape index (κ2) is 4.03. The van der Waals surface area contributed by atoms with Crippen molar-refractivity contribution in [3.8, 4) is 0 Å². The highest BCUT2D eigenvalue weighted by atomic mass is 35.6. The fourth-order valence-corrected chi connectivity index (χ4v) is 1.74. The summed E-state index contributed by atoms with van der Waals surface area (Å²) in [5, 5.41) is 7.82. The Bertz CT molecular complexity index is 268. The summed E-state index contributed by atoms with van der Waals surface area (Å²) in [7, 11) is 0. The van der Waals surface area contributed by atoms with E-state index in [1.54, 1.807) is 4.68 Å². The summed E-state index contributed by atoms with van der Waals surface area (Å²) in [4.78, 5) is 0. The van der Waals surface area contributed by atoms with Gasteiger partial charge < -0.3 is 0 Å². The molecule has 0 bridgehead atoms. The highest BCUT2D eigenvalue weighted by molar-refractivity contribution is 6.66. The third kappa shape index (κ3) is 2.27. The molecule has 0 aliphatic rings. The predicted molar refractivity (Wildman–Crippen MR) is 54.3 cm³/mol. The van der Waals surface area contributed by atoms with E-state index in [9.17, 15) is 0 Å². The van der Waals surface area contributed by atoms with Crippen LogP contribution in [0.2, 0.25) is 0 Å². The molecule has 0 saturated carbocycles. The van der Waals surface area contributed by atoms with Gasteiger partial charge in [0.05, 0.1) is 5.69 Å². The molecule has 74 valence electrons. The van der Waals surface area contributed by atoms with Crippen molar-refractivity contribution in [2.75, 3.05) is 0 Å². The Hall–Kier alpha value is 0.01000. The highest BCUT2D eigenvalue weighted by Crippen LogP contribution is 2.39. The molecule has 1 aromatic rings. The smallest absolute Gasteiger partial charge is 0.234 e. The van der Waals surface area contributed by atoms with E-state index in [1.807, 2.05) is 13.8 Å². The van der Waals surface area contributed by atoms with Gasteiger partial charge in [0.2, 0.25) is 3.79 Å². The van der Waals surface area contributed by atoms with E-state index in [1.165, 1.54) is 0 Å². The molecule has 0 saturated heterocycles. The maximum absolute atomic E-state index is 5.80. The second-order valence-corrected chi connectivity index (χ2v) is 4.83. The van der Waals surface area contributed by atoms with E-state index in [0.717, 1.165) is 5.69 Å². The van der Waals surface area contributed by atoms with E-state index in [4.69, 9.17) is 34.8 Å². The van der Waals surface area contributed by atoms with Crippen molar-refractivity contribution in [3.05, 3.63) is 11.4 Å². The third-order valence-corrected chi connectivity index (χ3v) is 2.24. The minimum absolute atomic E-state index is 0.572. The van der Waals surface area contributed by atoms with Gasteiger partial charge in [-0.1, -0.05) is 46.9 Å². The van der Waals surface area contributed by atoms with E-state index >= 15 is 0 Å². The number of rotatable bonds is 2. The van der Waals surface area contributed by atoms with Crippen LogP contribution >= 0.6 is 34.8 Å². The fraction of sp³-hybridized carbons (Fsp3) is 0.714. The van der Waals surface area contributed by atoms with Gasteiger partial charge in [-0.15, -0.1) is 5.10 Å². The Morgan fingerprint density at radius 1 is 1.31 bits per heavy atom. The standard InChI is InChI=1S/C7H10Cl3N3/c1-3-5-6(7(8,9)10)13(4-2)12-11-5/h3-4H2,1-2H3.